The first-order chi connectivity index (χ1) is 16.7. The van der Waals surface area contributed by atoms with Gasteiger partial charge in [-0.15, -0.1) is 0 Å². The molecule has 1 aromatic rings. The number of carbonyl (C=O) groups excluding carboxylic acids is 2. The molecule has 0 aliphatic rings. The summed E-state index contributed by atoms with van der Waals surface area (Å²) < 4.78 is 5.55. The van der Waals surface area contributed by atoms with Gasteiger partial charge in [-0.2, -0.15) is 0 Å². The minimum atomic E-state index is -0.372. The summed E-state index contributed by atoms with van der Waals surface area (Å²) in [5.74, 6) is -0.401. The van der Waals surface area contributed by atoms with Crippen LogP contribution >= 0.6 is 0 Å². The molecule has 4 nitrogen and oxygen atoms in total. The third kappa shape index (κ3) is 13.2. The van der Waals surface area contributed by atoms with Gasteiger partial charge in [0.1, 0.15) is 0 Å². The highest BCUT2D eigenvalue weighted by Gasteiger charge is 2.22. The number of rotatable bonds is 21. The number of carbonyl (C=O) groups is 2. The van der Waals surface area contributed by atoms with Crippen LogP contribution in [0.5, 0.6) is 0 Å². The van der Waals surface area contributed by atoms with Crippen LogP contribution in [0, 0.1) is 0 Å². The van der Waals surface area contributed by atoms with Gasteiger partial charge in [0, 0.05) is 13.1 Å². The van der Waals surface area contributed by atoms with Gasteiger partial charge in [-0.05, 0) is 31.4 Å². The van der Waals surface area contributed by atoms with E-state index in [9.17, 15) is 9.59 Å². The van der Waals surface area contributed by atoms with E-state index < -0.39 is 0 Å². The number of benzene rings is 1. The third-order valence-electron chi connectivity index (χ3n) is 6.46. The molecule has 0 bridgehead atoms. The van der Waals surface area contributed by atoms with Gasteiger partial charge in [-0.1, -0.05) is 116 Å². The Balaban J connectivity index is 2.70. The molecule has 194 valence electrons. The van der Waals surface area contributed by atoms with Gasteiger partial charge in [0.05, 0.1) is 17.7 Å². The lowest BCUT2D eigenvalue weighted by atomic mass is 10.0. The Morgan fingerprint density at radius 2 is 1.06 bits per heavy atom. The molecule has 0 saturated heterocycles. The molecule has 0 unspecified atom stereocenters. The van der Waals surface area contributed by atoms with E-state index in [0.717, 1.165) is 51.6 Å². The van der Waals surface area contributed by atoms with Gasteiger partial charge >= 0.3 is 5.97 Å². The van der Waals surface area contributed by atoms with Crippen molar-refractivity contribution in [2.45, 2.75) is 124 Å². The van der Waals surface area contributed by atoms with E-state index in [-0.39, 0.29) is 11.9 Å². The van der Waals surface area contributed by atoms with Crippen molar-refractivity contribution in [1.82, 2.24) is 4.90 Å². The molecular weight excluding hydrogens is 422 g/mol. The summed E-state index contributed by atoms with van der Waals surface area (Å²) in [4.78, 5) is 28.3. The second-order valence-corrected chi connectivity index (χ2v) is 9.57. The Morgan fingerprint density at radius 1 is 0.618 bits per heavy atom. The van der Waals surface area contributed by atoms with Crippen LogP contribution in [0.4, 0.5) is 0 Å². The summed E-state index contributed by atoms with van der Waals surface area (Å²) in [5, 5.41) is 0. The van der Waals surface area contributed by atoms with Crippen LogP contribution in [0.2, 0.25) is 0 Å². The molecule has 4 heteroatoms. The Morgan fingerprint density at radius 3 is 1.59 bits per heavy atom. The quantitative estimate of drug-likeness (QED) is 0.133. The highest BCUT2D eigenvalue weighted by molar-refractivity contribution is 6.05. The van der Waals surface area contributed by atoms with E-state index in [2.05, 4.69) is 20.8 Å². The summed E-state index contributed by atoms with van der Waals surface area (Å²) in [6.07, 6.45) is 18.6. The monoisotopic (exact) mass is 473 g/mol. The molecule has 0 aliphatic heterocycles. The van der Waals surface area contributed by atoms with Crippen LogP contribution in [0.1, 0.15) is 144 Å². The molecular formula is C30H51NO3. The van der Waals surface area contributed by atoms with Crippen molar-refractivity contribution in [2.24, 2.45) is 0 Å². The van der Waals surface area contributed by atoms with E-state index in [4.69, 9.17) is 4.74 Å². The fourth-order valence-corrected chi connectivity index (χ4v) is 4.27. The molecule has 0 heterocycles. The number of hydrogen-bond donors (Lipinski definition) is 0. The number of hydrogen-bond acceptors (Lipinski definition) is 3. The van der Waals surface area contributed by atoms with Gasteiger partial charge < -0.3 is 9.64 Å². The topological polar surface area (TPSA) is 46.6 Å². The molecule has 34 heavy (non-hydrogen) atoms. The van der Waals surface area contributed by atoms with Gasteiger partial charge in [-0.25, -0.2) is 4.79 Å². The Hall–Kier alpha value is -1.84. The number of esters is 1. The number of unbranched alkanes of at least 4 members (excludes halogenated alkanes) is 13. The number of amides is 1. The fourth-order valence-electron chi connectivity index (χ4n) is 4.27. The largest absolute Gasteiger partial charge is 0.462 e. The van der Waals surface area contributed by atoms with Crippen LogP contribution < -0.4 is 0 Å². The van der Waals surface area contributed by atoms with Gasteiger partial charge in [-0.3, -0.25) is 4.79 Å². The van der Waals surface area contributed by atoms with Crippen LogP contribution in [-0.2, 0) is 4.74 Å². The predicted octanol–water partition coefficient (Wildman–Crippen LogP) is 8.59. The van der Waals surface area contributed by atoms with Crippen LogP contribution in [0.15, 0.2) is 24.3 Å². The fraction of sp³-hybridized carbons (Fsp3) is 0.733. The summed E-state index contributed by atoms with van der Waals surface area (Å²) in [5.41, 5.74) is 0.887. The zero-order valence-corrected chi connectivity index (χ0v) is 22.4. The maximum Gasteiger partial charge on any atom is 0.338 e. The molecule has 0 fully saturated rings. The Kier molecular flexibility index (Phi) is 18.2. The zero-order chi connectivity index (χ0) is 24.9. The molecule has 1 rings (SSSR count). The molecule has 0 saturated carbocycles. The summed E-state index contributed by atoms with van der Waals surface area (Å²) in [6, 6.07) is 7.18. The minimum absolute atomic E-state index is 0.0295. The van der Waals surface area contributed by atoms with Gasteiger partial charge in [0.2, 0.25) is 0 Å². The van der Waals surface area contributed by atoms with Gasteiger partial charge in [0.15, 0.2) is 0 Å². The number of ether oxygens (including phenoxy) is 1. The second kappa shape index (κ2) is 20.5. The molecule has 0 spiro atoms. The molecule has 1 amide bonds. The first-order valence-corrected chi connectivity index (χ1v) is 14.2. The molecule has 0 N–H and O–H groups in total. The summed E-state index contributed by atoms with van der Waals surface area (Å²) >= 11 is 0. The highest BCUT2D eigenvalue weighted by atomic mass is 16.5. The van der Waals surface area contributed by atoms with Crippen molar-refractivity contribution in [3.8, 4) is 0 Å². The van der Waals surface area contributed by atoms with Crippen LogP contribution in [-0.4, -0.2) is 36.5 Å². The maximum atomic E-state index is 13.5. The first kappa shape index (κ1) is 30.2. The average molecular weight is 474 g/mol. The maximum absolute atomic E-state index is 13.5. The lowest BCUT2D eigenvalue weighted by Gasteiger charge is -2.24. The molecule has 1 aromatic carbocycles. The van der Waals surface area contributed by atoms with Crippen molar-refractivity contribution >= 4 is 11.9 Å². The predicted molar refractivity (Wildman–Crippen MR) is 144 cm³/mol. The van der Waals surface area contributed by atoms with Crippen molar-refractivity contribution in [3.05, 3.63) is 35.4 Å². The lowest BCUT2D eigenvalue weighted by Crippen LogP contribution is -2.34. The Labute approximate surface area is 209 Å². The average Bonchev–Trinajstić information content (AvgIpc) is 2.86. The smallest absolute Gasteiger partial charge is 0.338 e. The van der Waals surface area contributed by atoms with E-state index in [0.29, 0.717) is 17.7 Å². The van der Waals surface area contributed by atoms with Crippen LogP contribution in [0.3, 0.4) is 0 Å². The van der Waals surface area contributed by atoms with Gasteiger partial charge in [0.25, 0.3) is 5.91 Å². The van der Waals surface area contributed by atoms with E-state index in [1.165, 1.54) is 64.2 Å². The van der Waals surface area contributed by atoms with Crippen LogP contribution in [0.25, 0.3) is 0 Å². The van der Waals surface area contributed by atoms with E-state index in [1.807, 2.05) is 17.0 Å². The normalized spacial score (nSPS) is 10.9. The zero-order valence-electron chi connectivity index (χ0n) is 22.4. The second-order valence-electron chi connectivity index (χ2n) is 9.57. The van der Waals surface area contributed by atoms with E-state index >= 15 is 0 Å². The van der Waals surface area contributed by atoms with Crippen molar-refractivity contribution in [3.63, 3.8) is 0 Å². The molecule has 0 aromatic heterocycles. The van der Waals surface area contributed by atoms with Crippen molar-refractivity contribution in [2.75, 3.05) is 19.7 Å². The molecule has 0 aliphatic carbocycles. The summed E-state index contributed by atoms with van der Waals surface area (Å²) in [7, 11) is 0. The molecule has 0 radical (unpaired) electrons. The standard InChI is InChI=1S/C30H51NO3/c1-4-7-10-13-16-21-26-34-30(33)28-23-18-17-22-27(28)29(32)31(24-19-14-11-8-5-2)25-20-15-12-9-6-3/h17-18,22-23H,4-16,19-21,24-26H2,1-3H3. The third-order valence-corrected chi connectivity index (χ3v) is 6.46. The first-order valence-electron chi connectivity index (χ1n) is 14.2. The SMILES string of the molecule is CCCCCCCCOC(=O)c1ccccc1C(=O)N(CCCCCCC)CCCCCCC. The highest BCUT2D eigenvalue weighted by Crippen LogP contribution is 2.16. The van der Waals surface area contributed by atoms with Crippen molar-refractivity contribution in [1.29, 1.82) is 0 Å². The minimum Gasteiger partial charge on any atom is -0.462 e. The Bertz CT molecular complexity index is 644. The van der Waals surface area contributed by atoms with Crippen molar-refractivity contribution < 1.29 is 14.3 Å². The van der Waals surface area contributed by atoms with E-state index in [1.54, 1.807) is 12.1 Å². The number of nitrogens with zero attached hydrogens (tertiary/aromatic N) is 1. The molecule has 0 atom stereocenters. The lowest BCUT2D eigenvalue weighted by molar-refractivity contribution is 0.0490. The summed E-state index contributed by atoms with van der Waals surface area (Å²) in [6.45, 7) is 8.59.